The number of unbranched alkanes of at least 4 members (excludes halogenated alkanes) is 44. The van der Waals surface area contributed by atoms with Gasteiger partial charge < -0.3 is 14.2 Å². The number of carbonyl (C=O) groups is 3. The topological polar surface area (TPSA) is 78.9 Å². The lowest BCUT2D eigenvalue weighted by Crippen LogP contribution is -2.30. The Morgan fingerprint density at radius 3 is 0.735 bits per heavy atom. The van der Waals surface area contributed by atoms with Crippen LogP contribution in [0.2, 0.25) is 0 Å². The van der Waals surface area contributed by atoms with Gasteiger partial charge in [-0.05, 0) is 57.8 Å². The summed E-state index contributed by atoms with van der Waals surface area (Å²) in [7, 11) is 0. The monoisotopic (exact) mass is 1160 g/mol. The van der Waals surface area contributed by atoms with E-state index in [0.29, 0.717) is 19.3 Å². The van der Waals surface area contributed by atoms with E-state index in [1.807, 2.05) is 6.08 Å². The molecular formula is C77H138O6. The number of ether oxygens (including phenoxy) is 3. The van der Waals surface area contributed by atoms with Gasteiger partial charge in [0.25, 0.3) is 0 Å². The molecule has 1 atom stereocenters. The Morgan fingerprint density at radius 2 is 0.470 bits per heavy atom. The lowest BCUT2D eigenvalue weighted by Gasteiger charge is -2.18. The molecule has 0 saturated heterocycles. The molecule has 83 heavy (non-hydrogen) atoms. The molecule has 6 nitrogen and oxygen atoms in total. The van der Waals surface area contributed by atoms with E-state index in [2.05, 4.69) is 87.6 Å². The normalized spacial score (nSPS) is 12.5. The largest absolute Gasteiger partial charge is 0.462 e. The molecule has 0 heterocycles. The van der Waals surface area contributed by atoms with Gasteiger partial charge in [-0.25, -0.2) is 0 Å². The van der Waals surface area contributed by atoms with E-state index in [1.54, 1.807) is 0 Å². The maximum atomic E-state index is 13.0. The second kappa shape index (κ2) is 71.3. The zero-order valence-corrected chi connectivity index (χ0v) is 55.5. The number of carbonyl (C=O) groups excluding carboxylic acids is 3. The Hall–Kier alpha value is -3.15. The van der Waals surface area contributed by atoms with Crippen LogP contribution in [0.3, 0.4) is 0 Å². The molecular weight excluding hydrogens is 1020 g/mol. The van der Waals surface area contributed by atoms with Gasteiger partial charge in [-0.15, -0.1) is 0 Å². The average molecular weight is 1160 g/mol. The highest BCUT2D eigenvalue weighted by atomic mass is 16.6. The summed E-state index contributed by atoms with van der Waals surface area (Å²) in [4.78, 5) is 38.5. The summed E-state index contributed by atoms with van der Waals surface area (Å²) < 4.78 is 16.9. The van der Waals surface area contributed by atoms with Crippen molar-refractivity contribution in [3.8, 4) is 0 Å². The highest BCUT2D eigenvalue weighted by Crippen LogP contribution is 2.19. The van der Waals surface area contributed by atoms with E-state index in [9.17, 15) is 14.4 Å². The zero-order chi connectivity index (χ0) is 59.9. The van der Waals surface area contributed by atoms with E-state index >= 15 is 0 Å². The molecule has 0 bridgehead atoms. The predicted octanol–water partition coefficient (Wildman–Crippen LogP) is 25.2. The molecule has 0 fully saturated rings. The number of esters is 3. The van der Waals surface area contributed by atoms with Gasteiger partial charge in [0, 0.05) is 19.3 Å². The molecule has 0 N–H and O–H groups in total. The molecule has 0 amide bonds. The van der Waals surface area contributed by atoms with Gasteiger partial charge in [-0.1, -0.05) is 376 Å². The SMILES string of the molecule is CC/C=C\C/C=C\C/C=C\C/C=C\C/C=C\C/C=C\CCC(=O)OCC(COC(=O)CCCCCCCCCCCCCCCCCCCCCCCCCCCC)OC(=O)CCCCCCCCCCCCCCCCCCCCCC. The van der Waals surface area contributed by atoms with Crippen LogP contribution in [-0.4, -0.2) is 37.2 Å². The summed E-state index contributed by atoms with van der Waals surface area (Å²) in [6.45, 7) is 6.54. The Kier molecular flexibility index (Phi) is 68.6. The van der Waals surface area contributed by atoms with Gasteiger partial charge in [0.2, 0.25) is 0 Å². The summed E-state index contributed by atoms with van der Waals surface area (Å²) in [6.07, 6.45) is 93.8. The van der Waals surface area contributed by atoms with Crippen molar-refractivity contribution in [2.75, 3.05) is 13.2 Å². The highest BCUT2D eigenvalue weighted by Gasteiger charge is 2.19. The number of hydrogen-bond donors (Lipinski definition) is 0. The fraction of sp³-hybridized carbons (Fsp3) is 0.805. The molecule has 1 unspecified atom stereocenters. The van der Waals surface area contributed by atoms with Crippen molar-refractivity contribution in [2.45, 2.75) is 386 Å². The van der Waals surface area contributed by atoms with Crippen molar-refractivity contribution >= 4 is 17.9 Å². The molecule has 0 rings (SSSR count). The van der Waals surface area contributed by atoms with Crippen molar-refractivity contribution in [1.29, 1.82) is 0 Å². The summed E-state index contributed by atoms with van der Waals surface area (Å²) >= 11 is 0. The van der Waals surface area contributed by atoms with Gasteiger partial charge in [0.05, 0.1) is 0 Å². The molecule has 482 valence electrons. The lowest BCUT2D eigenvalue weighted by atomic mass is 10.0. The minimum absolute atomic E-state index is 0.0935. The zero-order valence-electron chi connectivity index (χ0n) is 55.5. The van der Waals surface area contributed by atoms with Crippen LogP contribution in [0.1, 0.15) is 380 Å². The highest BCUT2D eigenvalue weighted by molar-refractivity contribution is 5.71. The minimum Gasteiger partial charge on any atom is -0.462 e. The second-order valence-corrected chi connectivity index (χ2v) is 24.5. The van der Waals surface area contributed by atoms with Crippen LogP contribution >= 0.6 is 0 Å². The summed E-state index contributed by atoms with van der Waals surface area (Å²) in [6, 6.07) is 0. The van der Waals surface area contributed by atoms with Crippen molar-refractivity contribution in [1.82, 2.24) is 0 Å². The fourth-order valence-corrected chi connectivity index (χ4v) is 10.8. The molecule has 0 aromatic rings. The van der Waals surface area contributed by atoms with E-state index in [4.69, 9.17) is 14.2 Å². The maximum absolute atomic E-state index is 13.0. The van der Waals surface area contributed by atoms with Crippen molar-refractivity contribution in [3.05, 3.63) is 72.9 Å². The third-order valence-corrected chi connectivity index (χ3v) is 16.2. The number of allylic oxidation sites excluding steroid dienone is 12. The number of hydrogen-bond acceptors (Lipinski definition) is 6. The van der Waals surface area contributed by atoms with Crippen molar-refractivity contribution < 1.29 is 28.6 Å². The van der Waals surface area contributed by atoms with Crippen molar-refractivity contribution in [2.24, 2.45) is 0 Å². The summed E-state index contributed by atoms with van der Waals surface area (Å²) in [5.74, 6) is -0.956. The third kappa shape index (κ3) is 69.5. The van der Waals surface area contributed by atoms with Crippen LogP contribution in [0.5, 0.6) is 0 Å². The average Bonchev–Trinajstić information content (AvgIpc) is 3.49. The summed E-state index contributed by atoms with van der Waals surface area (Å²) in [5, 5.41) is 0. The van der Waals surface area contributed by atoms with E-state index < -0.39 is 6.10 Å². The fourth-order valence-electron chi connectivity index (χ4n) is 10.8. The Balaban J connectivity index is 4.36. The van der Waals surface area contributed by atoms with Crippen LogP contribution in [-0.2, 0) is 28.6 Å². The van der Waals surface area contributed by atoms with E-state index in [0.717, 1.165) is 77.0 Å². The molecule has 0 aromatic carbocycles. The molecule has 0 aliphatic carbocycles. The van der Waals surface area contributed by atoms with Gasteiger partial charge >= 0.3 is 17.9 Å². The molecule has 0 aliphatic rings. The molecule has 0 saturated carbocycles. The minimum atomic E-state index is -0.805. The first-order valence-electron chi connectivity index (χ1n) is 36.4. The third-order valence-electron chi connectivity index (χ3n) is 16.2. The number of rotatable bonds is 67. The van der Waals surface area contributed by atoms with E-state index in [-0.39, 0.29) is 37.5 Å². The van der Waals surface area contributed by atoms with Gasteiger partial charge in [0.1, 0.15) is 13.2 Å². The Labute approximate surface area is 516 Å². The van der Waals surface area contributed by atoms with Crippen LogP contribution in [0.25, 0.3) is 0 Å². The molecule has 0 radical (unpaired) electrons. The molecule has 6 heteroatoms. The first-order chi connectivity index (χ1) is 41.0. The smallest absolute Gasteiger partial charge is 0.306 e. The van der Waals surface area contributed by atoms with Crippen LogP contribution in [0.4, 0.5) is 0 Å². The predicted molar refractivity (Wildman–Crippen MR) is 362 cm³/mol. The summed E-state index contributed by atoms with van der Waals surface area (Å²) in [5.41, 5.74) is 0. The van der Waals surface area contributed by atoms with Gasteiger partial charge in [-0.2, -0.15) is 0 Å². The van der Waals surface area contributed by atoms with E-state index in [1.165, 1.54) is 257 Å². The quantitative estimate of drug-likeness (QED) is 0.0261. The van der Waals surface area contributed by atoms with Crippen LogP contribution in [0.15, 0.2) is 72.9 Å². The van der Waals surface area contributed by atoms with Crippen LogP contribution in [0, 0.1) is 0 Å². The van der Waals surface area contributed by atoms with Crippen molar-refractivity contribution in [3.63, 3.8) is 0 Å². The van der Waals surface area contributed by atoms with Gasteiger partial charge in [0.15, 0.2) is 6.10 Å². The standard InChI is InChI=1S/C77H138O6/c1-4-7-10-13-16-19-22-25-28-31-34-36-37-38-39-40-41-44-46-49-52-55-58-61-64-67-70-76(79)82-73-74(72-81-75(78)69-66-63-60-57-54-51-48-45-42-33-30-27-24-21-18-15-12-9-6-3)83-77(80)71-68-65-62-59-56-53-50-47-43-35-32-29-26-23-20-17-14-11-8-5-2/h9,12,18,21,27,30,42,45,51,54,60,63,74H,4-8,10-11,13-17,19-20,22-26,28-29,31-41,43-44,46-50,52-53,55-59,61-62,64-73H2,1-3H3/b12-9-,21-18-,30-27-,45-42-,54-51-,63-60-. The first kappa shape index (κ1) is 79.8. The lowest BCUT2D eigenvalue weighted by molar-refractivity contribution is -0.166. The maximum Gasteiger partial charge on any atom is 0.306 e. The molecule has 0 aromatic heterocycles. The van der Waals surface area contributed by atoms with Gasteiger partial charge in [-0.3, -0.25) is 14.4 Å². The second-order valence-electron chi connectivity index (χ2n) is 24.5. The molecule has 0 aliphatic heterocycles. The molecule has 0 spiro atoms. The van der Waals surface area contributed by atoms with Crippen LogP contribution < -0.4 is 0 Å². The Bertz CT molecular complexity index is 1520. The Morgan fingerprint density at radius 1 is 0.253 bits per heavy atom. The first-order valence-corrected chi connectivity index (χ1v) is 36.4.